The molecule has 0 saturated heterocycles. The summed E-state index contributed by atoms with van der Waals surface area (Å²) in [5.74, 6) is -0.704. The van der Waals surface area contributed by atoms with Gasteiger partial charge < -0.3 is 10.4 Å². The van der Waals surface area contributed by atoms with Crippen LogP contribution in [0.25, 0.3) is 0 Å². The lowest BCUT2D eigenvalue weighted by Gasteiger charge is -2.06. The van der Waals surface area contributed by atoms with Crippen LogP contribution >= 0.6 is 15.9 Å². The topological polar surface area (TPSA) is 49.3 Å². The molecule has 0 fully saturated rings. The Labute approximate surface area is 102 Å². The van der Waals surface area contributed by atoms with E-state index in [1.165, 1.54) is 12.1 Å². The molecule has 0 heterocycles. The number of carbonyl (C=O) groups excluding carboxylic acids is 1. The van der Waals surface area contributed by atoms with Crippen molar-refractivity contribution in [3.63, 3.8) is 0 Å². The number of amides is 1. The van der Waals surface area contributed by atoms with Crippen molar-refractivity contribution in [2.75, 3.05) is 11.9 Å². The maximum Gasteiger partial charge on any atom is 0.224 e. The summed E-state index contributed by atoms with van der Waals surface area (Å²) in [6.45, 7) is 0.0680. The van der Waals surface area contributed by atoms with Crippen LogP contribution in [0.4, 0.5) is 10.1 Å². The van der Waals surface area contributed by atoms with Crippen molar-refractivity contribution in [1.29, 1.82) is 0 Å². The van der Waals surface area contributed by atoms with E-state index in [-0.39, 0.29) is 24.6 Å². The van der Waals surface area contributed by atoms with Crippen LogP contribution in [0.5, 0.6) is 0 Å². The van der Waals surface area contributed by atoms with Gasteiger partial charge in [0.05, 0.1) is 5.69 Å². The highest BCUT2D eigenvalue weighted by molar-refractivity contribution is 9.10. The Kier molecular flexibility index (Phi) is 5.42. The van der Waals surface area contributed by atoms with E-state index in [9.17, 15) is 9.18 Å². The van der Waals surface area contributed by atoms with Gasteiger partial charge in [-0.05, 0) is 31.0 Å². The fourth-order valence-corrected chi connectivity index (χ4v) is 1.56. The second-order valence-corrected chi connectivity index (χ2v) is 4.27. The molecule has 16 heavy (non-hydrogen) atoms. The molecule has 1 amide bonds. The molecule has 2 N–H and O–H groups in total. The molecular formula is C11H13BrFNO2. The van der Waals surface area contributed by atoms with Gasteiger partial charge in [0.25, 0.3) is 0 Å². The van der Waals surface area contributed by atoms with Gasteiger partial charge in [-0.3, -0.25) is 4.79 Å². The van der Waals surface area contributed by atoms with E-state index in [4.69, 9.17) is 5.11 Å². The zero-order valence-corrected chi connectivity index (χ0v) is 10.3. The monoisotopic (exact) mass is 289 g/mol. The maximum absolute atomic E-state index is 13.2. The lowest BCUT2D eigenvalue weighted by molar-refractivity contribution is -0.116. The lowest BCUT2D eigenvalue weighted by Crippen LogP contribution is -2.12. The smallest absolute Gasteiger partial charge is 0.224 e. The quantitative estimate of drug-likeness (QED) is 0.819. The number of anilines is 1. The highest BCUT2D eigenvalue weighted by Gasteiger charge is 2.06. The Morgan fingerprint density at radius 2 is 2.19 bits per heavy atom. The summed E-state index contributed by atoms with van der Waals surface area (Å²) in [5.41, 5.74) is 0.170. The Hall–Kier alpha value is -0.940. The second-order valence-electron chi connectivity index (χ2n) is 3.35. The van der Waals surface area contributed by atoms with Gasteiger partial charge in [0.1, 0.15) is 5.82 Å². The van der Waals surface area contributed by atoms with Crippen molar-refractivity contribution in [2.45, 2.75) is 19.3 Å². The molecule has 0 radical (unpaired) electrons. The molecule has 0 aromatic heterocycles. The van der Waals surface area contributed by atoms with Gasteiger partial charge in [0.15, 0.2) is 0 Å². The SMILES string of the molecule is O=C(CCCCO)Nc1cc(Br)ccc1F. The molecule has 0 atom stereocenters. The van der Waals surface area contributed by atoms with E-state index in [0.717, 1.165) is 0 Å². The molecule has 3 nitrogen and oxygen atoms in total. The van der Waals surface area contributed by atoms with E-state index >= 15 is 0 Å². The van der Waals surface area contributed by atoms with Gasteiger partial charge in [0, 0.05) is 17.5 Å². The number of halogens is 2. The van der Waals surface area contributed by atoms with E-state index in [0.29, 0.717) is 17.3 Å². The van der Waals surface area contributed by atoms with Crippen LogP contribution in [0, 0.1) is 5.82 Å². The first-order valence-electron chi connectivity index (χ1n) is 4.99. The standard InChI is InChI=1S/C11H13BrFNO2/c12-8-4-5-9(13)10(7-8)14-11(16)3-1-2-6-15/h4-5,7,15H,1-3,6H2,(H,14,16). The Morgan fingerprint density at radius 3 is 2.88 bits per heavy atom. The minimum Gasteiger partial charge on any atom is -0.396 e. The first kappa shape index (κ1) is 13.1. The highest BCUT2D eigenvalue weighted by atomic mass is 79.9. The zero-order valence-electron chi connectivity index (χ0n) is 8.67. The number of aliphatic hydroxyl groups excluding tert-OH is 1. The molecule has 0 spiro atoms. The fraction of sp³-hybridized carbons (Fsp3) is 0.364. The number of nitrogens with one attached hydrogen (secondary N) is 1. The molecule has 1 aromatic rings. The van der Waals surface area contributed by atoms with E-state index < -0.39 is 5.82 Å². The van der Waals surface area contributed by atoms with Crippen molar-refractivity contribution in [3.8, 4) is 0 Å². The Bertz CT molecular complexity index is 371. The number of carbonyl (C=O) groups is 1. The Balaban J connectivity index is 2.52. The molecule has 5 heteroatoms. The average Bonchev–Trinajstić information content (AvgIpc) is 2.24. The third kappa shape index (κ3) is 4.28. The van der Waals surface area contributed by atoms with Gasteiger partial charge in [-0.15, -0.1) is 0 Å². The van der Waals surface area contributed by atoms with E-state index in [1.807, 2.05) is 0 Å². The van der Waals surface area contributed by atoms with Crippen molar-refractivity contribution >= 4 is 27.5 Å². The number of aliphatic hydroxyl groups is 1. The third-order valence-electron chi connectivity index (χ3n) is 2.01. The van der Waals surface area contributed by atoms with Crippen LogP contribution in [0.2, 0.25) is 0 Å². The van der Waals surface area contributed by atoms with Crippen LogP contribution in [-0.4, -0.2) is 17.6 Å². The molecule has 0 unspecified atom stereocenters. The van der Waals surface area contributed by atoms with Crippen molar-refractivity contribution < 1.29 is 14.3 Å². The third-order valence-corrected chi connectivity index (χ3v) is 2.51. The normalized spacial score (nSPS) is 10.2. The zero-order chi connectivity index (χ0) is 12.0. The molecule has 1 aromatic carbocycles. The van der Waals surface area contributed by atoms with Crippen LogP contribution in [0.15, 0.2) is 22.7 Å². The summed E-state index contributed by atoms with van der Waals surface area (Å²) in [6.07, 6.45) is 1.46. The summed E-state index contributed by atoms with van der Waals surface area (Å²) in [4.78, 5) is 11.4. The summed E-state index contributed by atoms with van der Waals surface area (Å²) in [5, 5.41) is 11.0. The summed E-state index contributed by atoms with van der Waals surface area (Å²) >= 11 is 3.20. The summed E-state index contributed by atoms with van der Waals surface area (Å²) < 4.78 is 14.0. The van der Waals surface area contributed by atoms with Crippen molar-refractivity contribution in [1.82, 2.24) is 0 Å². The molecule has 1 rings (SSSR count). The van der Waals surface area contributed by atoms with Gasteiger partial charge in [-0.25, -0.2) is 4.39 Å². The Morgan fingerprint density at radius 1 is 1.44 bits per heavy atom. The van der Waals surface area contributed by atoms with Crippen LogP contribution in [0.3, 0.4) is 0 Å². The van der Waals surface area contributed by atoms with E-state index in [2.05, 4.69) is 21.2 Å². The molecule has 0 bridgehead atoms. The van der Waals surface area contributed by atoms with Crippen LogP contribution in [-0.2, 0) is 4.79 Å². The number of unbranched alkanes of at least 4 members (excludes halogenated alkanes) is 1. The summed E-state index contributed by atoms with van der Waals surface area (Å²) in [6, 6.07) is 4.36. The van der Waals surface area contributed by atoms with Gasteiger partial charge in [-0.1, -0.05) is 15.9 Å². The second kappa shape index (κ2) is 6.60. The first-order valence-corrected chi connectivity index (χ1v) is 5.78. The molecular weight excluding hydrogens is 277 g/mol. The fourth-order valence-electron chi connectivity index (χ4n) is 1.20. The molecule has 0 aliphatic heterocycles. The molecule has 0 aliphatic rings. The van der Waals surface area contributed by atoms with Crippen molar-refractivity contribution in [2.24, 2.45) is 0 Å². The summed E-state index contributed by atoms with van der Waals surface area (Å²) in [7, 11) is 0. The number of rotatable bonds is 5. The highest BCUT2D eigenvalue weighted by Crippen LogP contribution is 2.20. The van der Waals surface area contributed by atoms with Gasteiger partial charge >= 0.3 is 0 Å². The molecule has 0 saturated carbocycles. The van der Waals surface area contributed by atoms with Gasteiger partial charge in [-0.2, -0.15) is 0 Å². The van der Waals surface area contributed by atoms with Crippen LogP contribution < -0.4 is 5.32 Å². The minimum absolute atomic E-state index is 0.0680. The first-order chi connectivity index (χ1) is 7.63. The minimum atomic E-state index is -0.460. The molecule has 0 aliphatic carbocycles. The average molecular weight is 290 g/mol. The molecule has 88 valence electrons. The number of hydrogen-bond acceptors (Lipinski definition) is 2. The number of benzene rings is 1. The van der Waals surface area contributed by atoms with Crippen molar-refractivity contribution in [3.05, 3.63) is 28.5 Å². The predicted octanol–water partition coefficient (Wildman–Crippen LogP) is 2.69. The van der Waals surface area contributed by atoms with Gasteiger partial charge in [0.2, 0.25) is 5.91 Å². The van der Waals surface area contributed by atoms with Crippen LogP contribution in [0.1, 0.15) is 19.3 Å². The van der Waals surface area contributed by atoms with E-state index in [1.54, 1.807) is 6.07 Å². The maximum atomic E-state index is 13.2. The number of hydrogen-bond donors (Lipinski definition) is 2. The largest absolute Gasteiger partial charge is 0.396 e. The predicted molar refractivity (Wildman–Crippen MR) is 63.7 cm³/mol. The lowest BCUT2D eigenvalue weighted by atomic mass is 10.2.